The lowest BCUT2D eigenvalue weighted by Gasteiger charge is -2.17. The number of rotatable bonds is 2. The largest absolute Gasteiger partial charge is 0.359 e. The molecule has 0 aliphatic heterocycles. The number of nitriles is 1. The Labute approximate surface area is 86.7 Å². The maximum Gasteiger partial charge on any atom is 0.150 e. The van der Waals surface area contributed by atoms with E-state index in [0.29, 0.717) is 0 Å². The van der Waals surface area contributed by atoms with E-state index in [0.717, 1.165) is 12.1 Å². The van der Waals surface area contributed by atoms with Gasteiger partial charge < -0.3 is 4.90 Å². The standard InChI is InChI=1S/C11H8F2N2/c1-3-4-15(2)11-9(12)5-8(7-14)6-10(11)13/h1,5-6H,4H2,2H3. The van der Waals surface area contributed by atoms with Gasteiger partial charge in [-0.05, 0) is 12.1 Å². The van der Waals surface area contributed by atoms with Crippen molar-refractivity contribution in [3.63, 3.8) is 0 Å². The van der Waals surface area contributed by atoms with Crippen molar-refractivity contribution in [1.82, 2.24) is 0 Å². The van der Waals surface area contributed by atoms with Gasteiger partial charge in [0.15, 0.2) is 11.6 Å². The monoisotopic (exact) mass is 206 g/mol. The highest BCUT2D eigenvalue weighted by molar-refractivity contribution is 5.52. The Balaban J connectivity index is 3.21. The molecule has 0 atom stereocenters. The summed E-state index contributed by atoms with van der Waals surface area (Å²) in [5, 5.41) is 8.49. The van der Waals surface area contributed by atoms with Gasteiger partial charge in [-0.15, -0.1) is 6.42 Å². The Morgan fingerprint density at radius 1 is 1.40 bits per heavy atom. The summed E-state index contributed by atoms with van der Waals surface area (Å²) in [6.07, 6.45) is 5.03. The van der Waals surface area contributed by atoms with Gasteiger partial charge in [0, 0.05) is 7.05 Å². The number of hydrogen-bond acceptors (Lipinski definition) is 2. The average Bonchev–Trinajstić information content (AvgIpc) is 2.16. The number of anilines is 1. The zero-order valence-corrected chi connectivity index (χ0v) is 8.09. The quantitative estimate of drug-likeness (QED) is 0.691. The van der Waals surface area contributed by atoms with Crippen LogP contribution in [-0.2, 0) is 0 Å². The second-order valence-corrected chi connectivity index (χ2v) is 2.96. The fourth-order valence-electron chi connectivity index (χ4n) is 1.21. The molecule has 4 heteroatoms. The summed E-state index contributed by atoms with van der Waals surface area (Å²) in [7, 11) is 1.48. The third-order valence-corrected chi connectivity index (χ3v) is 1.86. The minimum Gasteiger partial charge on any atom is -0.359 e. The number of nitrogens with zero attached hydrogens (tertiary/aromatic N) is 2. The highest BCUT2D eigenvalue weighted by atomic mass is 19.1. The molecular formula is C11H8F2N2. The van der Waals surface area contributed by atoms with Crippen molar-refractivity contribution in [2.24, 2.45) is 0 Å². The molecule has 1 aromatic carbocycles. The van der Waals surface area contributed by atoms with Gasteiger partial charge >= 0.3 is 0 Å². The van der Waals surface area contributed by atoms with Crippen LogP contribution in [0, 0.1) is 35.3 Å². The molecule has 0 saturated heterocycles. The summed E-state index contributed by atoms with van der Waals surface area (Å²) in [6, 6.07) is 3.62. The highest BCUT2D eigenvalue weighted by Gasteiger charge is 2.14. The first-order valence-electron chi connectivity index (χ1n) is 4.14. The van der Waals surface area contributed by atoms with Gasteiger partial charge in [-0.25, -0.2) is 8.78 Å². The summed E-state index contributed by atoms with van der Waals surface area (Å²) in [4.78, 5) is 1.27. The van der Waals surface area contributed by atoms with Crippen LogP contribution in [0.25, 0.3) is 0 Å². The first kappa shape index (κ1) is 11.0. The zero-order valence-electron chi connectivity index (χ0n) is 8.09. The fourth-order valence-corrected chi connectivity index (χ4v) is 1.21. The second-order valence-electron chi connectivity index (χ2n) is 2.96. The van der Waals surface area contributed by atoms with E-state index >= 15 is 0 Å². The van der Waals surface area contributed by atoms with E-state index in [1.54, 1.807) is 6.07 Å². The first-order valence-corrected chi connectivity index (χ1v) is 4.14. The molecule has 0 unspecified atom stereocenters. The van der Waals surface area contributed by atoms with Crippen LogP contribution < -0.4 is 4.90 Å². The number of benzene rings is 1. The zero-order chi connectivity index (χ0) is 11.4. The summed E-state index contributed by atoms with van der Waals surface area (Å²) in [6.45, 7) is 0.0970. The highest BCUT2D eigenvalue weighted by Crippen LogP contribution is 2.23. The summed E-state index contributed by atoms with van der Waals surface area (Å²) < 4.78 is 26.7. The van der Waals surface area contributed by atoms with Crippen LogP contribution >= 0.6 is 0 Å². The predicted octanol–water partition coefficient (Wildman–Crippen LogP) is 1.91. The Hall–Kier alpha value is -2.07. The van der Waals surface area contributed by atoms with Gasteiger partial charge in [0.05, 0.1) is 18.2 Å². The SMILES string of the molecule is C#CCN(C)c1c(F)cc(C#N)cc1F. The van der Waals surface area contributed by atoms with Crippen LogP contribution in [0.4, 0.5) is 14.5 Å². The third kappa shape index (κ3) is 2.24. The van der Waals surface area contributed by atoms with E-state index in [-0.39, 0.29) is 17.8 Å². The van der Waals surface area contributed by atoms with Crippen molar-refractivity contribution in [2.45, 2.75) is 0 Å². The molecule has 1 rings (SSSR count). The number of hydrogen-bond donors (Lipinski definition) is 0. The molecule has 0 aliphatic rings. The van der Waals surface area contributed by atoms with Crippen molar-refractivity contribution in [2.75, 3.05) is 18.5 Å². The lowest BCUT2D eigenvalue weighted by Crippen LogP contribution is -2.20. The van der Waals surface area contributed by atoms with Gasteiger partial charge in [0.1, 0.15) is 5.69 Å². The Kier molecular flexibility index (Phi) is 3.25. The number of terminal acetylenes is 1. The van der Waals surface area contributed by atoms with Crippen LogP contribution in [0.3, 0.4) is 0 Å². The van der Waals surface area contributed by atoms with Crippen LogP contribution in [0.15, 0.2) is 12.1 Å². The van der Waals surface area contributed by atoms with Crippen molar-refractivity contribution < 1.29 is 8.78 Å². The third-order valence-electron chi connectivity index (χ3n) is 1.86. The maximum absolute atomic E-state index is 13.4. The van der Waals surface area contributed by atoms with Gasteiger partial charge in [-0.3, -0.25) is 0 Å². The molecule has 0 radical (unpaired) electrons. The normalized spacial score (nSPS) is 9.13. The summed E-state index contributed by atoms with van der Waals surface area (Å²) in [5.74, 6) is 0.701. The minimum absolute atomic E-state index is 0.0529. The maximum atomic E-state index is 13.4. The van der Waals surface area contributed by atoms with Crippen LogP contribution in [0.5, 0.6) is 0 Å². The van der Waals surface area contributed by atoms with E-state index in [4.69, 9.17) is 11.7 Å². The molecule has 0 heterocycles. The van der Waals surface area contributed by atoms with Crippen LogP contribution in [0.2, 0.25) is 0 Å². The minimum atomic E-state index is -0.788. The molecule has 1 aromatic rings. The molecular weight excluding hydrogens is 198 g/mol. The first-order chi connectivity index (χ1) is 7.10. The van der Waals surface area contributed by atoms with E-state index in [1.807, 2.05) is 0 Å². The summed E-state index contributed by atoms with van der Waals surface area (Å²) >= 11 is 0. The van der Waals surface area contributed by atoms with Crippen molar-refractivity contribution >= 4 is 5.69 Å². The van der Waals surface area contributed by atoms with Crippen molar-refractivity contribution in [1.29, 1.82) is 5.26 Å². The predicted molar refractivity (Wildman–Crippen MR) is 53.2 cm³/mol. The molecule has 0 saturated carbocycles. The lowest BCUT2D eigenvalue weighted by molar-refractivity contribution is 0.579. The van der Waals surface area contributed by atoms with Crippen molar-refractivity contribution in [3.05, 3.63) is 29.3 Å². The smallest absolute Gasteiger partial charge is 0.150 e. The molecule has 0 N–H and O–H groups in total. The van der Waals surface area contributed by atoms with Gasteiger partial charge in [0.2, 0.25) is 0 Å². The molecule has 0 amide bonds. The van der Waals surface area contributed by atoms with Gasteiger partial charge in [-0.2, -0.15) is 5.26 Å². The Morgan fingerprint density at radius 3 is 2.33 bits per heavy atom. The van der Waals surface area contributed by atoms with E-state index in [9.17, 15) is 8.78 Å². The van der Waals surface area contributed by atoms with E-state index < -0.39 is 11.6 Å². The Bertz CT molecular complexity index is 432. The topological polar surface area (TPSA) is 27.0 Å². The summed E-state index contributed by atoms with van der Waals surface area (Å²) in [5.41, 5.74) is -0.269. The molecule has 0 fully saturated rings. The average molecular weight is 206 g/mol. The van der Waals surface area contributed by atoms with Crippen LogP contribution in [0.1, 0.15) is 5.56 Å². The second kappa shape index (κ2) is 4.43. The fraction of sp³-hybridized carbons (Fsp3) is 0.182. The molecule has 76 valence electrons. The molecule has 2 nitrogen and oxygen atoms in total. The number of halogens is 2. The van der Waals surface area contributed by atoms with Crippen LogP contribution in [-0.4, -0.2) is 13.6 Å². The van der Waals surface area contributed by atoms with Crippen molar-refractivity contribution in [3.8, 4) is 18.4 Å². The molecule has 0 aromatic heterocycles. The molecule has 0 aliphatic carbocycles. The lowest BCUT2D eigenvalue weighted by atomic mass is 10.2. The van der Waals surface area contributed by atoms with Gasteiger partial charge in [-0.1, -0.05) is 5.92 Å². The molecule has 15 heavy (non-hydrogen) atoms. The molecule has 0 spiro atoms. The van der Waals surface area contributed by atoms with E-state index in [2.05, 4.69) is 5.92 Å². The Morgan fingerprint density at radius 2 is 1.93 bits per heavy atom. The molecule has 0 bridgehead atoms. The van der Waals surface area contributed by atoms with E-state index in [1.165, 1.54) is 11.9 Å². The van der Waals surface area contributed by atoms with Gasteiger partial charge in [0.25, 0.3) is 0 Å².